The van der Waals surface area contributed by atoms with Crippen LogP contribution in [0.1, 0.15) is 35.6 Å². The van der Waals surface area contributed by atoms with Gasteiger partial charge in [-0.3, -0.25) is 0 Å². The summed E-state index contributed by atoms with van der Waals surface area (Å²) in [6, 6.07) is 5.58. The molecule has 1 fully saturated rings. The minimum absolute atomic E-state index is 0.00780. The van der Waals surface area contributed by atoms with Gasteiger partial charge in [-0.15, -0.1) is 11.6 Å². The summed E-state index contributed by atoms with van der Waals surface area (Å²) < 4.78 is 6.64. The highest BCUT2D eigenvalue weighted by atomic mass is 35.5. The van der Waals surface area contributed by atoms with Crippen molar-refractivity contribution in [3.8, 4) is 6.07 Å². The van der Waals surface area contributed by atoms with Crippen molar-refractivity contribution in [1.82, 2.24) is 14.5 Å². The van der Waals surface area contributed by atoms with Crippen LogP contribution in [0.5, 0.6) is 0 Å². The van der Waals surface area contributed by atoms with Crippen LogP contribution >= 0.6 is 11.6 Å². The first-order valence-corrected chi connectivity index (χ1v) is 7.53. The van der Waals surface area contributed by atoms with Gasteiger partial charge in [0, 0.05) is 18.4 Å². The maximum Gasteiger partial charge on any atom is 0.356 e. The Labute approximate surface area is 132 Å². The number of fused-ring (bicyclic) bond motifs is 1. The lowest BCUT2D eigenvalue weighted by Crippen LogP contribution is -2.14. The van der Waals surface area contributed by atoms with Gasteiger partial charge in [-0.25, -0.2) is 14.8 Å². The summed E-state index contributed by atoms with van der Waals surface area (Å²) in [6.07, 6.45) is 2.53. The largest absolute Gasteiger partial charge is 0.464 e. The maximum atomic E-state index is 11.7. The van der Waals surface area contributed by atoms with E-state index in [1.165, 1.54) is 7.11 Å². The minimum atomic E-state index is -0.486. The van der Waals surface area contributed by atoms with Crippen molar-refractivity contribution in [3.05, 3.63) is 23.7 Å². The number of hydrogen-bond donors (Lipinski definition) is 0. The number of alkyl halides is 1. The van der Waals surface area contributed by atoms with Crippen LogP contribution < -0.4 is 0 Å². The van der Waals surface area contributed by atoms with Crippen LogP contribution in [0, 0.1) is 16.7 Å². The quantitative estimate of drug-likeness (QED) is 0.625. The Kier molecular flexibility index (Phi) is 3.75. The molecule has 114 valence electrons. The lowest BCUT2D eigenvalue weighted by atomic mass is 10.0. The molecular formula is C15H15ClN4O2. The smallest absolute Gasteiger partial charge is 0.356 e. The molecule has 2 aromatic heterocycles. The number of halogens is 1. The molecule has 1 aliphatic rings. The van der Waals surface area contributed by atoms with Gasteiger partial charge in [-0.05, 0) is 25.0 Å². The molecule has 0 spiro atoms. The molecule has 0 aromatic carbocycles. The first kappa shape index (κ1) is 14.8. The highest BCUT2D eigenvalue weighted by Gasteiger charge is 2.43. The molecule has 0 bridgehead atoms. The number of esters is 1. The van der Waals surface area contributed by atoms with Gasteiger partial charge in [0.1, 0.15) is 11.3 Å². The molecule has 0 unspecified atom stereocenters. The molecular weight excluding hydrogens is 304 g/mol. The average Bonchev–Trinajstić information content (AvgIpc) is 3.21. The zero-order chi connectivity index (χ0) is 15.7. The van der Waals surface area contributed by atoms with Gasteiger partial charge in [0.05, 0.1) is 19.1 Å². The van der Waals surface area contributed by atoms with E-state index in [9.17, 15) is 4.79 Å². The van der Waals surface area contributed by atoms with Crippen LogP contribution in [0.25, 0.3) is 11.2 Å². The zero-order valence-corrected chi connectivity index (χ0v) is 12.9. The van der Waals surface area contributed by atoms with Crippen LogP contribution in [-0.4, -0.2) is 27.6 Å². The highest BCUT2D eigenvalue weighted by molar-refractivity contribution is 6.16. The molecule has 6 nitrogen and oxygen atoms in total. The molecule has 0 aliphatic heterocycles. The van der Waals surface area contributed by atoms with Crippen molar-refractivity contribution < 1.29 is 9.53 Å². The fourth-order valence-corrected chi connectivity index (χ4v) is 2.81. The van der Waals surface area contributed by atoms with E-state index in [0.29, 0.717) is 30.0 Å². The average molecular weight is 319 g/mol. The maximum absolute atomic E-state index is 11.7. The molecule has 2 aromatic rings. The van der Waals surface area contributed by atoms with E-state index in [-0.39, 0.29) is 17.0 Å². The van der Waals surface area contributed by atoms with E-state index >= 15 is 0 Å². The van der Waals surface area contributed by atoms with Crippen molar-refractivity contribution in [2.45, 2.75) is 31.7 Å². The van der Waals surface area contributed by atoms with Crippen molar-refractivity contribution in [1.29, 1.82) is 5.26 Å². The summed E-state index contributed by atoms with van der Waals surface area (Å²) in [4.78, 5) is 20.5. The molecule has 1 saturated carbocycles. The first-order valence-electron chi connectivity index (χ1n) is 7.00. The normalized spacial score (nSPS) is 15.5. The van der Waals surface area contributed by atoms with Gasteiger partial charge in [0.25, 0.3) is 0 Å². The van der Waals surface area contributed by atoms with Gasteiger partial charge in [0.15, 0.2) is 11.3 Å². The summed E-state index contributed by atoms with van der Waals surface area (Å²) in [5, 5.41) is 8.98. The Balaban J connectivity index is 2.06. The fourth-order valence-electron chi connectivity index (χ4n) is 2.61. The number of nitrogens with zero attached hydrogens (tertiary/aromatic N) is 4. The molecule has 3 rings (SSSR count). The second kappa shape index (κ2) is 5.58. The Morgan fingerprint density at radius 2 is 2.27 bits per heavy atom. The third kappa shape index (κ3) is 2.53. The topological polar surface area (TPSA) is 80.8 Å². The van der Waals surface area contributed by atoms with Crippen LogP contribution in [0.2, 0.25) is 0 Å². The van der Waals surface area contributed by atoms with Gasteiger partial charge in [0.2, 0.25) is 0 Å². The molecule has 7 heteroatoms. The van der Waals surface area contributed by atoms with E-state index in [2.05, 4.69) is 16.0 Å². The summed E-state index contributed by atoms with van der Waals surface area (Å²) in [7, 11) is 1.32. The second-order valence-electron chi connectivity index (χ2n) is 5.61. The van der Waals surface area contributed by atoms with E-state index in [1.807, 2.05) is 4.57 Å². The molecule has 22 heavy (non-hydrogen) atoms. The SMILES string of the molecule is COC(=O)c1ccc2nc(CCl)n(CC3(CC#N)CC3)c2n1. The standard InChI is InChI=1S/C15H15ClN4O2/c1-22-14(21)11-3-2-10-13(19-11)20(12(8-16)18-10)9-15(4-5-15)6-7-17/h2-3H,4-6,8-9H2,1H3. The number of methoxy groups -OCH3 is 1. The predicted octanol–water partition coefficient (Wildman–Crippen LogP) is 2.65. The van der Waals surface area contributed by atoms with Crippen LogP contribution in [-0.2, 0) is 17.2 Å². The van der Waals surface area contributed by atoms with Gasteiger partial charge < -0.3 is 9.30 Å². The Hall–Kier alpha value is -2.13. The highest BCUT2D eigenvalue weighted by Crippen LogP contribution is 2.50. The summed E-state index contributed by atoms with van der Waals surface area (Å²) >= 11 is 5.99. The lowest BCUT2D eigenvalue weighted by Gasteiger charge is -2.14. The van der Waals surface area contributed by atoms with Crippen molar-refractivity contribution in [2.24, 2.45) is 5.41 Å². The number of imidazole rings is 1. The molecule has 0 N–H and O–H groups in total. The van der Waals surface area contributed by atoms with Crippen LogP contribution in [0.3, 0.4) is 0 Å². The number of hydrogen-bond acceptors (Lipinski definition) is 5. The summed E-state index contributed by atoms with van der Waals surface area (Å²) in [5.41, 5.74) is 1.54. The molecule has 0 atom stereocenters. The summed E-state index contributed by atoms with van der Waals surface area (Å²) in [6.45, 7) is 0.650. The molecule has 0 saturated heterocycles. The Morgan fingerprint density at radius 3 is 2.86 bits per heavy atom. The fraction of sp³-hybridized carbons (Fsp3) is 0.467. The number of nitriles is 1. The predicted molar refractivity (Wildman–Crippen MR) is 80.3 cm³/mol. The third-order valence-corrected chi connectivity index (χ3v) is 4.33. The van der Waals surface area contributed by atoms with E-state index in [1.54, 1.807) is 12.1 Å². The number of carbonyl (C=O) groups is 1. The number of rotatable bonds is 5. The van der Waals surface area contributed by atoms with Crippen molar-refractivity contribution in [2.75, 3.05) is 7.11 Å². The van der Waals surface area contributed by atoms with E-state index < -0.39 is 5.97 Å². The van der Waals surface area contributed by atoms with E-state index in [0.717, 1.165) is 12.8 Å². The van der Waals surface area contributed by atoms with Crippen LogP contribution in [0.4, 0.5) is 0 Å². The van der Waals surface area contributed by atoms with Gasteiger partial charge in [-0.2, -0.15) is 5.26 Å². The van der Waals surface area contributed by atoms with Crippen LogP contribution in [0.15, 0.2) is 12.1 Å². The van der Waals surface area contributed by atoms with Crippen molar-refractivity contribution >= 4 is 28.7 Å². The minimum Gasteiger partial charge on any atom is -0.464 e. The number of ether oxygens (including phenoxy) is 1. The molecule has 0 radical (unpaired) electrons. The Bertz CT molecular complexity index is 774. The second-order valence-corrected chi connectivity index (χ2v) is 5.88. The third-order valence-electron chi connectivity index (χ3n) is 4.09. The van der Waals surface area contributed by atoms with Gasteiger partial charge in [-0.1, -0.05) is 0 Å². The lowest BCUT2D eigenvalue weighted by molar-refractivity contribution is 0.0594. The van der Waals surface area contributed by atoms with E-state index in [4.69, 9.17) is 21.6 Å². The molecule has 0 amide bonds. The monoisotopic (exact) mass is 318 g/mol. The van der Waals surface area contributed by atoms with Gasteiger partial charge >= 0.3 is 5.97 Å². The number of aromatic nitrogens is 3. The first-order chi connectivity index (χ1) is 10.6. The zero-order valence-electron chi connectivity index (χ0n) is 12.2. The molecule has 2 heterocycles. The summed E-state index contributed by atoms with van der Waals surface area (Å²) in [5.74, 6) is 0.475. The number of carbonyl (C=O) groups excluding carboxylic acids is 1. The number of pyridine rings is 1. The molecule has 1 aliphatic carbocycles. The Morgan fingerprint density at radius 1 is 1.50 bits per heavy atom. The van der Waals surface area contributed by atoms with Crippen molar-refractivity contribution in [3.63, 3.8) is 0 Å².